The van der Waals surface area contributed by atoms with Gasteiger partial charge in [-0.05, 0) is 50.7 Å². The van der Waals surface area contributed by atoms with Crippen LogP contribution in [0, 0.1) is 12.8 Å². The van der Waals surface area contributed by atoms with Gasteiger partial charge in [-0.1, -0.05) is 6.92 Å². The van der Waals surface area contributed by atoms with Crippen molar-refractivity contribution < 1.29 is 4.74 Å². The van der Waals surface area contributed by atoms with Crippen LogP contribution in [0.25, 0.3) is 11.0 Å². The molecule has 4 rings (SSSR count). The number of aromatic nitrogens is 4. The fourth-order valence-corrected chi connectivity index (χ4v) is 3.86. The maximum atomic E-state index is 5.23. The molecule has 6 heteroatoms. The molecule has 0 saturated heterocycles. The van der Waals surface area contributed by atoms with Crippen molar-refractivity contribution in [3.05, 3.63) is 36.4 Å². The summed E-state index contributed by atoms with van der Waals surface area (Å²) in [4.78, 5) is 19.4. The Labute approximate surface area is 153 Å². The Balaban J connectivity index is 1.82. The molecule has 0 aromatic carbocycles. The lowest BCUT2D eigenvalue weighted by molar-refractivity contribution is 0.344. The number of H-pyrrole nitrogens is 1. The highest BCUT2D eigenvalue weighted by Gasteiger charge is 2.28. The predicted octanol–water partition coefficient (Wildman–Crippen LogP) is 4.39. The number of aryl methyl sites for hydroxylation is 1. The highest BCUT2D eigenvalue weighted by atomic mass is 16.5. The van der Waals surface area contributed by atoms with Crippen LogP contribution >= 0.6 is 0 Å². The van der Waals surface area contributed by atoms with Crippen LogP contribution in [0.2, 0.25) is 0 Å². The third kappa shape index (κ3) is 3.11. The van der Waals surface area contributed by atoms with E-state index >= 15 is 0 Å². The highest BCUT2D eigenvalue weighted by Crippen LogP contribution is 2.37. The molecule has 6 nitrogen and oxygen atoms in total. The Kier molecular flexibility index (Phi) is 4.49. The Morgan fingerprint density at radius 1 is 1.12 bits per heavy atom. The first-order valence-electron chi connectivity index (χ1n) is 9.26. The van der Waals surface area contributed by atoms with Gasteiger partial charge in [0.15, 0.2) is 0 Å². The van der Waals surface area contributed by atoms with E-state index in [4.69, 9.17) is 9.72 Å². The van der Waals surface area contributed by atoms with Crippen molar-refractivity contribution in [1.82, 2.24) is 19.9 Å². The topological polar surface area (TPSA) is 66.9 Å². The SMILES string of the molecule is COc1ccc(N(c2nc(C)nc3[nH]ccc23)C2CCC(C)CC2)cn1. The van der Waals surface area contributed by atoms with Crippen LogP contribution in [0.4, 0.5) is 11.5 Å². The second-order valence-corrected chi connectivity index (χ2v) is 7.18. The minimum atomic E-state index is 0.411. The molecule has 0 amide bonds. The molecule has 1 fully saturated rings. The van der Waals surface area contributed by atoms with E-state index < -0.39 is 0 Å². The number of rotatable bonds is 4. The van der Waals surface area contributed by atoms with Gasteiger partial charge in [0.25, 0.3) is 0 Å². The lowest BCUT2D eigenvalue weighted by Gasteiger charge is -2.37. The van der Waals surface area contributed by atoms with Gasteiger partial charge in [-0.2, -0.15) is 0 Å². The highest BCUT2D eigenvalue weighted by molar-refractivity contribution is 5.90. The number of methoxy groups -OCH3 is 1. The normalized spacial score (nSPS) is 20.3. The number of pyridine rings is 1. The lowest BCUT2D eigenvalue weighted by atomic mass is 9.86. The third-order valence-corrected chi connectivity index (χ3v) is 5.29. The van der Waals surface area contributed by atoms with Crippen LogP contribution in [0.15, 0.2) is 30.6 Å². The fraction of sp³-hybridized carbons (Fsp3) is 0.450. The minimum Gasteiger partial charge on any atom is -0.481 e. The number of anilines is 2. The summed E-state index contributed by atoms with van der Waals surface area (Å²) < 4.78 is 5.23. The van der Waals surface area contributed by atoms with Crippen LogP contribution in [0.1, 0.15) is 38.4 Å². The minimum absolute atomic E-state index is 0.411. The Hall–Kier alpha value is -2.63. The molecule has 0 unspecified atom stereocenters. The largest absolute Gasteiger partial charge is 0.481 e. The van der Waals surface area contributed by atoms with Gasteiger partial charge in [-0.3, -0.25) is 0 Å². The first kappa shape index (κ1) is 16.8. The molecule has 1 saturated carbocycles. The van der Waals surface area contributed by atoms with E-state index in [1.54, 1.807) is 7.11 Å². The molecule has 0 aliphatic heterocycles. The Morgan fingerprint density at radius 3 is 2.62 bits per heavy atom. The summed E-state index contributed by atoms with van der Waals surface area (Å²) in [5, 5.41) is 1.05. The van der Waals surface area contributed by atoms with E-state index in [2.05, 4.69) is 38.9 Å². The van der Waals surface area contributed by atoms with Crippen LogP contribution < -0.4 is 9.64 Å². The van der Waals surface area contributed by atoms with E-state index in [9.17, 15) is 0 Å². The van der Waals surface area contributed by atoms with Gasteiger partial charge in [-0.15, -0.1) is 0 Å². The predicted molar refractivity (Wildman–Crippen MR) is 103 cm³/mol. The number of hydrogen-bond donors (Lipinski definition) is 1. The molecule has 0 radical (unpaired) electrons. The average Bonchev–Trinajstić information content (AvgIpc) is 3.12. The van der Waals surface area contributed by atoms with Crippen molar-refractivity contribution >= 4 is 22.5 Å². The maximum absolute atomic E-state index is 5.23. The summed E-state index contributed by atoms with van der Waals surface area (Å²) in [5.74, 6) is 3.14. The molecule has 0 bridgehead atoms. The molecule has 3 heterocycles. The second-order valence-electron chi connectivity index (χ2n) is 7.18. The molecular formula is C20H25N5O. The summed E-state index contributed by atoms with van der Waals surface area (Å²) >= 11 is 0. The van der Waals surface area contributed by atoms with Gasteiger partial charge in [-0.25, -0.2) is 15.0 Å². The fourth-order valence-electron chi connectivity index (χ4n) is 3.86. The molecule has 3 aromatic rings. The zero-order valence-corrected chi connectivity index (χ0v) is 15.6. The molecule has 1 N–H and O–H groups in total. The van der Waals surface area contributed by atoms with E-state index in [0.29, 0.717) is 11.9 Å². The molecule has 3 aromatic heterocycles. The van der Waals surface area contributed by atoms with Gasteiger partial charge in [0.1, 0.15) is 17.3 Å². The number of fused-ring (bicyclic) bond motifs is 1. The standard InChI is InChI=1S/C20H25N5O/c1-13-4-6-15(7-5-13)25(16-8-9-18(26-3)22-12-16)20-17-10-11-21-19(17)23-14(2)24-20/h8-13,15H,4-7H2,1-3H3,(H,21,23,24). The zero-order chi connectivity index (χ0) is 18.1. The van der Waals surface area contributed by atoms with Gasteiger partial charge in [0.05, 0.1) is 24.4 Å². The van der Waals surface area contributed by atoms with Gasteiger partial charge < -0.3 is 14.6 Å². The van der Waals surface area contributed by atoms with E-state index in [0.717, 1.165) is 47.1 Å². The van der Waals surface area contributed by atoms with Gasteiger partial charge >= 0.3 is 0 Å². The first-order valence-corrected chi connectivity index (χ1v) is 9.26. The van der Waals surface area contributed by atoms with Gasteiger partial charge in [0, 0.05) is 18.3 Å². The number of nitrogens with one attached hydrogen (secondary N) is 1. The van der Waals surface area contributed by atoms with E-state index in [-0.39, 0.29) is 0 Å². The van der Waals surface area contributed by atoms with E-state index in [1.165, 1.54) is 12.8 Å². The first-order chi connectivity index (χ1) is 12.7. The maximum Gasteiger partial charge on any atom is 0.213 e. The van der Waals surface area contributed by atoms with Crippen LogP contribution in [-0.2, 0) is 0 Å². The molecule has 26 heavy (non-hydrogen) atoms. The average molecular weight is 351 g/mol. The van der Waals surface area contributed by atoms with Crippen molar-refractivity contribution in [2.45, 2.75) is 45.6 Å². The molecule has 0 spiro atoms. The van der Waals surface area contributed by atoms with E-state index in [1.807, 2.05) is 25.4 Å². The summed E-state index contributed by atoms with van der Waals surface area (Å²) in [6.45, 7) is 4.28. The van der Waals surface area contributed by atoms with Crippen molar-refractivity contribution in [1.29, 1.82) is 0 Å². The molecule has 1 aliphatic carbocycles. The monoisotopic (exact) mass is 351 g/mol. The molecular weight excluding hydrogens is 326 g/mol. The smallest absolute Gasteiger partial charge is 0.213 e. The second kappa shape index (κ2) is 6.94. The van der Waals surface area contributed by atoms with Crippen molar-refractivity contribution in [2.24, 2.45) is 5.92 Å². The zero-order valence-electron chi connectivity index (χ0n) is 15.6. The lowest BCUT2D eigenvalue weighted by Crippen LogP contribution is -2.35. The number of hydrogen-bond acceptors (Lipinski definition) is 5. The summed E-state index contributed by atoms with van der Waals surface area (Å²) in [6, 6.07) is 6.45. The number of nitrogens with zero attached hydrogens (tertiary/aromatic N) is 4. The Morgan fingerprint density at radius 2 is 1.92 bits per heavy atom. The number of ether oxygens (including phenoxy) is 1. The quantitative estimate of drug-likeness (QED) is 0.755. The van der Waals surface area contributed by atoms with Crippen molar-refractivity contribution in [3.63, 3.8) is 0 Å². The van der Waals surface area contributed by atoms with Crippen molar-refractivity contribution in [3.8, 4) is 5.88 Å². The Bertz CT molecular complexity index is 881. The molecule has 1 aliphatic rings. The molecule has 136 valence electrons. The third-order valence-electron chi connectivity index (χ3n) is 5.29. The van der Waals surface area contributed by atoms with Crippen LogP contribution in [0.5, 0.6) is 5.88 Å². The number of aromatic amines is 1. The van der Waals surface area contributed by atoms with Crippen LogP contribution in [0.3, 0.4) is 0 Å². The summed E-state index contributed by atoms with van der Waals surface area (Å²) in [6.07, 6.45) is 8.60. The van der Waals surface area contributed by atoms with Crippen LogP contribution in [-0.4, -0.2) is 33.1 Å². The molecule has 0 atom stereocenters. The summed E-state index contributed by atoms with van der Waals surface area (Å²) in [7, 11) is 1.64. The van der Waals surface area contributed by atoms with Gasteiger partial charge in [0.2, 0.25) is 5.88 Å². The van der Waals surface area contributed by atoms with Crippen molar-refractivity contribution in [2.75, 3.05) is 12.0 Å². The summed E-state index contributed by atoms with van der Waals surface area (Å²) in [5.41, 5.74) is 1.93.